The molecule has 0 aromatic heterocycles. The van der Waals surface area contributed by atoms with Crippen LogP contribution >= 0.6 is 0 Å². The van der Waals surface area contributed by atoms with Crippen molar-refractivity contribution in [3.63, 3.8) is 0 Å². The predicted octanol–water partition coefficient (Wildman–Crippen LogP) is 1.20. The highest BCUT2D eigenvalue weighted by Crippen LogP contribution is 2.09. The van der Waals surface area contributed by atoms with Gasteiger partial charge in [0.2, 0.25) is 10.0 Å². The van der Waals surface area contributed by atoms with E-state index < -0.39 is 10.0 Å². The highest BCUT2D eigenvalue weighted by Gasteiger charge is 2.08. The maximum absolute atomic E-state index is 11.4. The molecule has 0 fully saturated rings. The van der Waals surface area contributed by atoms with Crippen molar-refractivity contribution in [2.45, 2.75) is 18.0 Å². The van der Waals surface area contributed by atoms with Crippen LogP contribution in [0, 0.1) is 0 Å². The Balaban J connectivity index is 1.93. The largest absolute Gasteiger partial charge is 0.352 e. The molecule has 0 spiro atoms. The van der Waals surface area contributed by atoms with E-state index in [0.29, 0.717) is 19.0 Å². The van der Waals surface area contributed by atoms with Crippen molar-refractivity contribution >= 4 is 16.0 Å². The van der Waals surface area contributed by atoms with Gasteiger partial charge in [0, 0.05) is 20.1 Å². The minimum Gasteiger partial charge on any atom is -0.352 e. The quantitative estimate of drug-likeness (QED) is 0.566. The van der Waals surface area contributed by atoms with E-state index in [2.05, 4.69) is 15.6 Å². The first-order valence-corrected chi connectivity index (χ1v) is 8.64. The molecule has 0 unspecified atom stereocenters. The van der Waals surface area contributed by atoms with E-state index in [1.165, 1.54) is 6.07 Å². The number of benzene rings is 2. The molecule has 0 atom stereocenters. The van der Waals surface area contributed by atoms with Crippen molar-refractivity contribution < 1.29 is 8.42 Å². The Morgan fingerprint density at radius 2 is 1.61 bits per heavy atom. The van der Waals surface area contributed by atoms with Gasteiger partial charge in [-0.15, -0.1) is 0 Å². The number of sulfonamides is 1. The number of nitrogens with zero attached hydrogens (tertiary/aromatic N) is 1. The average Bonchev–Trinajstić information content (AvgIpc) is 2.55. The molecule has 2 aromatic rings. The van der Waals surface area contributed by atoms with E-state index in [9.17, 15) is 8.42 Å². The van der Waals surface area contributed by atoms with Gasteiger partial charge in [-0.25, -0.2) is 13.6 Å². The molecule has 122 valence electrons. The fourth-order valence-corrected chi connectivity index (χ4v) is 2.60. The van der Waals surface area contributed by atoms with E-state index in [4.69, 9.17) is 5.14 Å². The first kappa shape index (κ1) is 17.0. The fraction of sp³-hybridized carbons (Fsp3) is 0.188. The van der Waals surface area contributed by atoms with Gasteiger partial charge in [-0.3, -0.25) is 4.99 Å². The zero-order chi connectivity index (χ0) is 16.7. The third-order valence-corrected chi connectivity index (χ3v) is 4.12. The van der Waals surface area contributed by atoms with Crippen molar-refractivity contribution in [3.8, 4) is 0 Å². The van der Waals surface area contributed by atoms with Gasteiger partial charge in [0.15, 0.2) is 5.96 Å². The van der Waals surface area contributed by atoms with E-state index in [-0.39, 0.29) is 4.90 Å². The minimum atomic E-state index is -3.69. The summed E-state index contributed by atoms with van der Waals surface area (Å²) in [4.78, 5) is 4.24. The summed E-state index contributed by atoms with van der Waals surface area (Å²) in [7, 11) is -2.01. The second kappa shape index (κ2) is 7.75. The highest BCUT2D eigenvalue weighted by atomic mass is 32.2. The lowest BCUT2D eigenvalue weighted by Gasteiger charge is -2.12. The molecule has 2 rings (SSSR count). The number of aliphatic imine (C=N–C) groups is 1. The molecule has 23 heavy (non-hydrogen) atoms. The topological polar surface area (TPSA) is 96.6 Å². The van der Waals surface area contributed by atoms with Gasteiger partial charge in [-0.05, 0) is 23.3 Å². The van der Waals surface area contributed by atoms with Gasteiger partial charge >= 0.3 is 0 Å². The Morgan fingerprint density at radius 1 is 1.00 bits per heavy atom. The first-order chi connectivity index (χ1) is 11.0. The number of rotatable bonds is 5. The number of hydrogen-bond acceptors (Lipinski definition) is 3. The summed E-state index contributed by atoms with van der Waals surface area (Å²) in [5, 5.41) is 11.5. The zero-order valence-electron chi connectivity index (χ0n) is 12.9. The second-order valence-corrected chi connectivity index (χ2v) is 6.52. The third kappa shape index (κ3) is 5.39. The van der Waals surface area contributed by atoms with Gasteiger partial charge in [-0.2, -0.15) is 0 Å². The predicted molar refractivity (Wildman–Crippen MR) is 91.3 cm³/mol. The van der Waals surface area contributed by atoms with Crippen LogP contribution in [0.4, 0.5) is 0 Å². The SMILES string of the molecule is CN=C(NCc1ccccc1)NCc1cccc(S(N)(=O)=O)c1. The van der Waals surface area contributed by atoms with Crippen molar-refractivity contribution in [2.75, 3.05) is 7.05 Å². The average molecular weight is 332 g/mol. The molecule has 2 aromatic carbocycles. The van der Waals surface area contributed by atoms with Crippen LogP contribution in [0.25, 0.3) is 0 Å². The van der Waals surface area contributed by atoms with Gasteiger partial charge in [0.1, 0.15) is 0 Å². The molecule has 7 heteroatoms. The molecule has 0 heterocycles. The van der Waals surface area contributed by atoms with Gasteiger partial charge in [-0.1, -0.05) is 42.5 Å². The van der Waals surface area contributed by atoms with Crippen LogP contribution in [0.2, 0.25) is 0 Å². The van der Waals surface area contributed by atoms with Crippen LogP contribution in [0.5, 0.6) is 0 Å². The molecule has 0 amide bonds. The maximum atomic E-state index is 11.4. The monoisotopic (exact) mass is 332 g/mol. The number of nitrogens with two attached hydrogens (primary N) is 1. The summed E-state index contributed by atoms with van der Waals surface area (Å²) in [5.74, 6) is 0.634. The summed E-state index contributed by atoms with van der Waals surface area (Å²) < 4.78 is 22.7. The van der Waals surface area contributed by atoms with Crippen molar-refractivity contribution in [1.82, 2.24) is 10.6 Å². The number of primary sulfonamides is 1. The van der Waals surface area contributed by atoms with Crippen molar-refractivity contribution in [1.29, 1.82) is 0 Å². The molecule has 0 aliphatic heterocycles. The van der Waals surface area contributed by atoms with Gasteiger partial charge in [0.05, 0.1) is 4.90 Å². The summed E-state index contributed by atoms with van der Waals surface area (Å²) in [6, 6.07) is 16.5. The number of hydrogen-bond donors (Lipinski definition) is 3. The third-order valence-electron chi connectivity index (χ3n) is 3.21. The summed E-state index contributed by atoms with van der Waals surface area (Å²) >= 11 is 0. The molecule has 0 bridgehead atoms. The first-order valence-electron chi connectivity index (χ1n) is 7.09. The van der Waals surface area contributed by atoms with E-state index in [1.807, 2.05) is 36.4 Å². The smallest absolute Gasteiger partial charge is 0.238 e. The van der Waals surface area contributed by atoms with Crippen LogP contribution in [0.3, 0.4) is 0 Å². The Hall–Kier alpha value is -2.38. The number of nitrogens with one attached hydrogen (secondary N) is 2. The minimum absolute atomic E-state index is 0.101. The molecule has 0 aliphatic carbocycles. The standard InChI is InChI=1S/C16H20N4O2S/c1-18-16(19-11-13-6-3-2-4-7-13)20-12-14-8-5-9-15(10-14)23(17,21)22/h2-10H,11-12H2,1H3,(H2,17,21,22)(H2,18,19,20). The van der Waals surface area contributed by atoms with Gasteiger partial charge in [0.25, 0.3) is 0 Å². The molecular formula is C16H20N4O2S. The van der Waals surface area contributed by atoms with Crippen molar-refractivity contribution in [3.05, 3.63) is 65.7 Å². The van der Waals surface area contributed by atoms with Crippen molar-refractivity contribution in [2.24, 2.45) is 10.1 Å². The van der Waals surface area contributed by atoms with Crippen LogP contribution < -0.4 is 15.8 Å². The molecular weight excluding hydrogens is 312 g/mol. The van der Waals surface area contributed by atoms with Crippen LogP contribution in [0.15, 0.2) is 64.5 Å². The number of guanidine groups is 1. The summed E-state index contributed by atoms with van der Waals surface area (Å²) in [6.07, 6.45) is 0. The molecule has 4 N–H and O–H groups in total. The van der Waals surface area contributed by atoms with Crippen LogP contribution in [-0.2, 0) is 23.1 Å². The molecule has 0 saturated carbocycles. The van der Waals surface area contributed by atoms with E-state index >= 15 is 0 Å². The van der Waals surface area contributed by atoms with Gasteiger partial charge < -0.3 is 10.6 Å². The zero-order valence-corrected chi connectivity index (χ0v) is 13.7. The summed E-state index contributed by atoms with van der Waals surface area (Å²) in [6.45, 7) is 1.09. The summed E-state index contributed by atoms with van der Waals surface area (Å²) in [5.41, 5.74) is 1.95. The molecule has 0 radical (unpaired) electrons. The second-order valence-electron chi connectivity index (χ2n) is 4.96. The maximum Gasteiger partial charge on any atom is 0.238 e. The highest BCUT2D eigenvalue weighted by molar-refractivity contribution is 7.89. The Labute approximate surface area is 136 Å². The van der Waals surface area contributed by atoms with E-state index in [1.54, 1.807) is 19.2 Å². The molecule has 6 nitrogen and oxygen atoms in total. The Morgan fingerprint density at radius 3 is 2.22 bits per heavy atom. The molecule has 0 saturated heterocycles. The Bertz CT molecular complexity index is 774. The lowest BCUT2D eigenvalue weighted by Crippen LogP contribution is -2.36. The van der Waals surface area contributed by atoms with Crippen LogP contribution in [-0.4, -0.2) is 21.4 Å². The fourth-order valence-electron chi connectivity index (χ4n) is 2.02. The van der Waals surface area contributed by atoms with Crippen LogP contribution in [0.1, 0.15) is 11.1 Å². The lowest BCUT2D eigenvalue weighted by atomic mass is 10.2. The molecule has 0 aliphatic rings. The van der Waals surface area contributed by atoms with E-state index in [0.717, 1.165) is 11.1 Å². The lowest BCUT2D eigenvalue weighted by molar-refractivity contribution is 0.597. The normalized spacial score (nSPS) is 12.0. The Kier molecular flexibility index (Phi) is 5.72.